The first-order chi connectivity index (χ1) is 7.89. The van der Waals surface area contributed by atoms with E-state index >= 15 is 0 Å². The van der Waals surface area contributed by atoms with E-state index in [1.54, 1.807) is 18.2 Å². The first kappa shape index (κ1) is 13.3. The highest BCUT2D eigenvalue weighted by molar-refractivity contribution is 7.85. The number of benzene rings is 1. The van der Waals surface area contributed by atoms with Gasteiger partial charge in [0.05, 0.1) is 16.8 Å². The molecule has 0 aliphatic carbocycles. The summed E-state index contributed by atoms with van der Waals surface area (Å²) < 4.78 is 34.1. The Bertz CT molecular complexity index is 544. The average Bonchev–Trinajstić information content (AvgIpc) is 2.69. The molecular formula is C11H13NO4S. The maximum absolute atomic E-state index is 10.5. The van der Waals surface area contributed by atoms with Crippen LogP contribution in [0.2, 0.25) is 0 Å². The molecular weight excluding hydrogens is 242 g/mol. The van der Waals surface area contributed by atoms with Gasteiger partial charge in [-0.15, -0.1) is 0 Å². The second kappa shape index (κ2) is 5.51. The zero-order chi connectivity index (χ0) is 12.9. The van der Waals surface area contributed by atoms with Gasteiger partial charge in [-0.3, -0.25) is 4.55 Å². The number of nitrogens with two attached hydrogens (primary N) is 1. The molecule has 1 aromatic carbocycles. The van der Waals surface area contributed by atoms with E-state index in [0.717, 1.165) is 5.56 Å². The van der Waals surface area contributed by atoms with E-state index in [1.807, 2.05) is 6.92 Å². The van der Waals surface area contributed by atoms with Crippen LogP contribution in [0.4, 0.5) is 5.69 Å². The van der Waals surface area contributed by atoms with Crippen LogP contribution in [0.5, 0.6) is 0 Å². The molecule has 92 valence electrons. The lowest BCUT2D eigenvalue weighted by Crippen LogP contribution is -1.96. The average molecular weight is 255 g/mol. The fourth-order valence-corrected chi connectivity index (χ4v) is 1.47. The van der Waals surface area contributed by atoms with Gasteiger partial charge in [0, 0.05) is 0 Å². The molecule has 0 bridgehead atoms. The Balaban J connectivity index is 0.000000202. The third-order valence-corrected chi connectivity index (χ3v) is 2.73. The normalized spacial score (nSPS) is 10.5. The molecule has 2 rings (SSSR count). The van der Waals surface area contributed by atoms with Crippen molar-refractivity contribution in [1.29, 1.82) is 0 Å². The number of anilines is 1. The van der Waals surface area contributed by atoms with Gasteiger partial charge in [-0.1, -0.05) is 17.7 Å². The van der Waals surface area contributed by atoms with Crippen LogP contribution in [-0.4, -0.2) is 13.0 Å². The van der Waals surface area contributed by atoms with Crippen LogP contribution in [0, 0.1) is 6.92 Å². The molecule has 5 nitrogen and oxygen atoms in total. The highest BCUT2D eigenvalue weighted by Crippen LogP contribution is 2.08. The van der Waals surface area contributed by atoms with Gasteiger partial charge in [0.15, 0.2) is 0 Å². The molecule has 1 heterocycles. The van der Waals surface area contributed by atoms with Crippen molar-refractivity contribution in [2.24, 2.45) is 0 Å². The summed E-state index contributed by atoms with van der Waals surface area (Å²) in [5, 5.41) is 0. The van der Waals surface area contributed by atoms with E-state index in [1.165, 1.54) is 24.7 Å². The van der Waals surface area contributed by atoms with Gasteiger partial charge < -0.3 is 10.2 Å². The summed E-state index contributed by atoms with van der Waals surface area (Å²) in [6.45, 7) is 1.84. The third kappa shape index (κ3) is 4.71. The molecule has 0 aliphatic heterocycles. The number of hydrogen-bond acceptors (Lipinski definition) is 4. The Morgan fingerprint density at radius 3 is 2.06 bits per heavy atom. The van der Waals surface area contributed by atoms with Crippen LogP contribution in [0.15, 0.2) is 52.2 Å². The van der Waals surface area contributed by atoms with Crippen molar-refractivity contribution in [2.75, 3.05) is 5.73 Å². The first-order valence-electron chi connectivity index (χ1n) is 4.71. The highest BCUT2D eigenvalue weighted by Gasteiger charge is 2.06. The van der Waals surface area contributed by atoms with Crippen molar-refractivity contribution in [3.05, 3.63) is 48.4 Å². The Labute approximate surface area is 99.6 Å². The quantitative estimate of drug-likeness (QED) is 0.761. The predicted molar refractivity (Wildman–Crippen MR) is 64.1 cm³/mol. The van der Waals surface area contributed by atoms with Gasteiger partial charge in [-0.2, -0.15) is 8.42 Å². The molecule has 0 aliphatic rings. The topological polar surface area (TPSA) is 93.5 Å². The minimum absolute atomic E-state index is 0.0666. The fraction of sp³-hybridized carbons (Fsp3) is 0.0909. The van der Waals surface area contributed by atoms with Gasteiger partial charge >= 0.3 is 0 Å². The standard InChI is InChI=1S/C7H8O3S.C4H5NO/c1-6-2-4-7(5-3-6)11(8,9)10;5-4-1-2-6-3-4/h2-5H,1H3,(H,8,9,10);1-3H,5H2. The van der Waals surface area contributed by atoms with Gasteiger partial charge in [0.25, 0.3) is 10.1 Å². The van der Waals surface area contributed by atoms with Crippen LogP contribution >= 0.6 is 0 Å². The Morgan fingerprint density at radius 1 is 1.18 bits per heavy atom. The van der Waals surface area contributed by atoms with Crippen LogP contribution < -0.4 is 5.73 Å². The molecule has 6 heteroatoms. The molecule has 1 aromatic heterocycles. The molecule has 0 saturated carbocycles. The van der Waals surface area contributed by atoms with Crippen molar-refractivity contribution in [3.63, 3.8) is 0 Å². The Hall–Kier alpha value is -1.79. The van der Waals surface area contributed by atoms with Gasteiger partial charge in [-0.25, -0.2) is 0 Å². The molecule has 0 spiro atoms. The number of hydrogen-bond donors (Lipinski definition) is 2. The Kier molecular flexibility index (Phi) is 4.30. The summed E-state index contributed by atoms with van der Waals surface area (Å²) in [5.74, 6) is 0. The van der Waals surface area contributed by atoms with E-state index in [9.17, 15) is 8.42 Å². The predicted octanol–water partition coefficient (Wildman–Crippen LogP) is 2.10. The first-order valence-corrected chi connectivity index (χ1v) is 6.15. The van der Waals surface area contributed by atoms with Crippen molar-refractivity contribution in [3.8, 4) is 0 Å². The summed E-state index contributed by atoms with van der Waals surface area (Å²) in [5.41, 5.74) is 6.82. The second-order valence-electron chi connectivity index (χ2n) is 3.34. The minimum Gasteiger partial charge on any atom is -0.470 e. The summed E-state index contributed by atoms with van der Waals surface area (Å²) in [7, 11) is -4.02. The number of aryl methyl sites for hydroxylation is 1. The maximum atomic E-state index is 10.5. The monoisotopic (exact) mass is 255 g/mol. The fourth-order valence-electron chi connectivity index (χ4n) is 0.985. The summed E-state index contributed by atoms with van der Waals surface area (Å²) in [6, 6.07) is 7.68. The van der Waals surface area contributed by atoms with Gasteiger partial charge in [0.1, 0.15) is 6.26 Å². The largest absolute Gasteiger partial charge is 0.470 e. The lowest BCUT2D eigenvalue weighted by Gasteiger charge is -1.95. The SMILES string of the molecule is Cc1ccc(S(=O)(=O)O)cc1.Nc1ccoc1. The summed E-state index contributed by atoms with van der Waals surface area (Å²) >= 11 is 0. The highest BCUT2D eigenvalue weighted by atomic mass is 32.2. The molecule has 17 heavy (non-hydrogen) atoms. The third-order valence-electron chi connectivity index (χ3n) is 1.86. The van der Waals surface area contributed by atoms with Crippen molar-refractivity contribution < 1.29 is 17.4 Å². The summed E-state index contributed by atoms with van der Waals surface area (Å²) in [4.78, 5) is -0.0666. The molecule has 2 aromatic rings. The van der Waals surface area contributed by atoms with Gasteiger partial charge in [-0.05, 0) is 25.1 Å². The number of furan rings is 1. The zero-order valence-electron chi connectivity index (χ0n) is 9.20. The van der Waals surface area contributed by atoms with Crippen molar-refractivity contribution >= 4 is 15.8 Å². The van der Waals surface area contributed by atoms with Crippen LogP contribution in [0.1, 0.15) is 5.56 Å². The van der Waals surface area contributed by atoms with E-state index in [4.69, 9.17) is 10.3 Å². The lowest BCUT2D eigenvalue weighted by molar-refractivity contribution is 0.483. The molecule has 0 unspecified atom stereocenters. The second-order valence-corrected chi connectivity index (χ2v) is 4.77. The van der Waals surface area contributed by atoms with E-state index in [0.29, 0.717) is 5.69 Å². The number of rotatable bonds is 1. The molecule has 0 radical (unpaired) electrons. The smallest absolute Gasteiger partial charge is 0.294 e. The molecule has 3 N–H and O–H groups in total. The van der Waals surface area contributed by atoms with E-state index in [-0.39, 0.29) is 4.90 Å². The van der Waals surface area contributed by atoms with Gasteiger partial charge in [0.2, 0.25) is 0 Å². The zero-order valence-corrected chi connectivity index (χ0v) is 10.0. The molecule has 0 fully saturated rings. The van der Waals surface area contributed by atoms with E-state index < -0.39 is 10.1 Å². The van der Waals surface area contributed by atoms with Crippen molar-refractivity contribution in [2.45, 2.75) is 11.8 Å². The minimum atomic E-state index is -4.02. The van der Waals surface area contributed by atoms with E-state index in [2.05, 4.69) is 4.42 Å². The van der Waals surface area contributed by atoms with Crippen LogP contribution in [0.25, 0.3) is 0 Å². The molecule has 0 atom stereocenters. The van der Waals surface area contributed by atoms with Crippen LogP contribution in [-0.2, 0) is 10.1 Å². The number of nitrogen functional groups attached to an aromatic ring is 1. The van der Waals surface area contributed by atoms with Crippen LogP contribution in [0.3, 0.4) is 0 Å². The molecule has 0 saturated heterocycles. The maximum Gasteiger partial charge on any atom is 0.294 e. The van der Waals surface area contributed by atoms with Crippen molar-refractivity contribution in [1.82, 2.24) is 0 Å². The summed E-state index contributed by atoms with van der Waals surface area (Å²) in [6.07, 6.45) is 3.02. The molecule has 0 amide bonds. The Morgan fingerprint density at radius 2 is 1.76 bits per heavy atom. The lowest BCUT2D eigenvalue weighted by atomic mass is 10.2.